The molecule has 2 aromatic carbocycles. The van der Waals surface area contributed by atoms with Gasteiger partial charge >= 0.3 is 0 Å². The van der Waals surface area contributed by atoms with Gasteiger partial charge in [0.1, 0.15) is 0 Å². The fraction of sp³-hybridized carbons (Fsp3) is 0.190. The van der Waals surface area contributed by atoms with Gasteiger partial charge in [-0.1, -0.05) is 29.8 Å². The van der Waals surface area contributed by atoms with E-state index in [1.807, 2.05) is 24.3 Å². The molecule has 2 heterocycles. The summed E-state index contributed by atoms with van der Waals surface area (Å²) < 4.78 is 5.74. The van der Waals surface area contributed by atoms with Crippen molar-refractivity contribution < 1.29 is 24.8 Å². The minimum atomic E-state index is 0. The molecule has 3 heteroatoms. The molecule has 0 spiro atoms. The van der Waals surface area contributed by atoms with Crippen molar-refractivity contribution in [2.24, 2.45) is 0 Å². The quantitative estimate of drug-likeness (QED) is 0.515. The van der Waals surface area contributed by atoms with E-state index in [-0.39, 0.29) is 20.1 Å². The molecular weight excluding hydrogens is 474 g/mol. The van der Waals surface area contributed by atoms with Crippen molar-refractivity contribution in [3.05, 3.63) is 73.1 Å². The van der Waals surface area contributed by atoms with Crippen LogP contribution in [0, 0.1) is 19.9 Å². The maximum atomic E-state index is 5.91. The van der Waals surface area contributed by atoms with Gasteiger partial charge in [-0.05, 0) is 55.6 Å². The Kier molecular flexibility index (Phi) is 5.03. The second kappa shape index (κ2) is 7.04. The zero-order valence-corrected chi connectivity index (χ0v) is 15.5. The Bertz CT molecular complexity index is 888. The van der Waals surface area contributed by atoms with Gasteiger partial charge in [0.25, 0.3) is 0 Å². The normalized spacial score (nSPS) is 12.6. The Hall–Kier alpha value is -1.70. The number of aromatic nitrogens is 1. The molecular formula is C21H16IrNO-. The smallest absolute Gasteiger partial charge is 0.0820 e. The maximum Gasteiger partial charge on any atom is 0.0820 e. The van der Waals surface area contributed by atoms with Crippen molar-refractivity contribution in [2.45, 2.75) is 19.3 Å². The second-order valence-corrected chi connectivity index (χ2v) is 5.69. The molecule has 0 fully saturated rings. The van der Waals surface area contributed by atoms with Crippen LogP contribution in [0.3, 0.4) is 0 Å². The minimum absolute atomic E-state index is 0. The van der Waals surface area contributed by atoms with E-state index in [1.165, 1.54) is 5.56 Å². The molecule has 4 rings (SSSR count). The summed E-state index contributed by atoms with van der Waals surface area (Å²) in [6, 6.07) is 15.7. The molecule has 0 amide bonds. The molecule has 3 aromatic rings. The molecule has 0 N–H and O–H groups in total. The minimum Gasteiger partial charge on any atom is -0.513 e. The van der Waals surface area contributed by atoms with Crippen LogP contribution >= 0.6 is 0 Å². The summed E-state index contributed by atoms with van der Waals surface area (Å²) >= 11 is 0. The number of nitrogens with zero attached hydrogens (tertiary/aromatic N) is 1. The maximum absolute atomic E-state index is 5.91. The summed E-state index contributed by atoms with van der Waals surface area (Å²) in [6.07, 6.45) is 1.76. The van der Waals surface area contributed by atoms with Gasteiger partial charge < -0.3 is 9.72 Å². The molecule has 0 atom stereocenters. The van der Waals surface area contributed by atoms with Crippen LogP contribution in [0.2, 0.25) is 0 Å². The number of ether oxygens (including phenoxy) is 1. The van der Waals surface area contributed by atoms with Crippen LogP contribution in [0.25, 0.3) is 22.0 Å². The third-order valence-electron chi connectivity index (χ3n) is 4.29. The summed E-state index contributed by atoms with van der Waals surface area (Å²) in [4.78, 5) is 4.74. The number of hydrogen-bond donors (Lipinski definition) is 0. The Morgan fingerprint density at radius 3 is 2.75 bits per heavy atom. The van der Waals surface area contributed by atoms with E-state index in [9.17, 15) is 0 Å². The third kappa shape index (κ3) is 2.87. The van der Waals surface area contributed by atoms with Crippen LogP contribution in [0.15, 0.2) is 36.4 Å². The van der Waals surface area contributed by atoms with Gasteiger partial charge in [-0.2, -0.15) is 0 Å². The summed E-state index contributed by atoms with van der Waals surface area (Å²) in [6.45, 7) is 12.4. The summed E-state index contributed by atoms with van der Waals surface area (Å²) in [5, 5.41) is 2.21. The molecule has 0 unspecified atom stereocenters. The number of rotatable bonds is 3. The first-order chi connectivity index (χ1) is 11.3. The van der Waals surface area contributed by atoms with Gasteiger partial charge in [-0.25, -0.2) is 0 Å². The van der Waals surface area contributed by atoms with E-state index < -0.39 is 0 Å². The Morgan fingerprint density at radius 2 is 1.96 bits per heavy atom. The van der Waals surface area contributed by atoms with E-state index in [0.717, 1.165) is 45.5 Å². The van der Waals surface area contributed by atoms with Gasteiger partial charge in [-0.3, -0.25) is 0 Å². The number of fused-ring (bicyclic) bond motifs is 2. The van der Waals surface area contributed by atoms with Crippen LogP contribution < -0.4 is 4.74 Å². The van der Waals surface area contributed by atoms with Crippen molar-refractivity contribution in [3.63, 3.8) is 0 Å². The monoisotopic (exact) mass is 491 g/mol. The molecule has 121 valence electrons. The second-order valence-electron chi connectivity index (χ2n) is 5.69. The molecule has 0 saturated carbocycles. The third-order valence-corrected chi connectivity index (χ3v) is 4.29. The summed E-state index contributed by atoms with van der Waals surface area (Å²) in [5.74, 6) is 0.906. The molecule has 1 aliphatic heterocycles. The fourth-order valence-electron chi connectivity index (χ4n) is 3.17. The molecule has 24 heavy (non-hydrogen) atoms. The van der Waals surface area contributed by atoms with E-state index in [2.05, 4.69) is 18.2 Å². The first kappa shape index (κ1) is 17.1. The van der Waals surface area contributed by atoms with E-state index in [0.29, 0.717) is 19.4 Å². The Morgan fingerprint density at radius 1 is 1.12 bits per heavy atom. The van der Waals surface area contributed by atoms with Crippen molar-refractivity contribution in [2.75, 3.05) is 6.61 Å². The zero-order chi connectivity index (χ0) is 15.8. The Labute approximate surface area is 156 Å². The van der Waals surface area contributed by atoms with Gasteiger partial charge in [0, 0.05) is 31.5 Å². The van der Waals surface area contributed by atoms with Crippen molar-refractivity contribution in [1.82, 2.24) is 4.98 Å². The van der Waals surface area contributed by atoms with E-state index >= 15 is 0 Å². The fourth-order valence-corrected chi connectivity index (χ4v) is 3.17. The van der Waals surface area contributed by atoms with E-state index in [1.54, 1.807) is 0 Å². The van der Waals surface area contributed by atoms with Gasteiger partial charge in [0.05, 0.1) is 6.61 Å². The van der Waals surface area contributed by atoms with Crippen LogP contribution in [-0.4, -0.2) is 11.6 Å². The number of hydrogen-bond acceptors (Lipinski definition) is 2. The van der Waals surface area contributed by atoms with Crippen molar-refractivity contribution >= 4 is 10.8 Å². The van der Waals surface area contributed by atoms with E-state index in [4.69, 9.17) is 23.6 Å². The summed E-state index contributed by atoms with van der Waals surface area (Å²) in [5.41, 5.74) is 4.85. The van der Waals surface area contributed by atoms with Gasteiger partial charge in [0.15, 0.2) is 0 Å². The predicted molar refractivity (Wildman–Crippen MR) is 91.2 cm³/mol. The van der Waals surface area contributed by atoms with Gasteiger partial charge in [0.2, 0.25) is 0 Å². The molecule has 0 aliphatic carbocycles. The predicted octanol–water partition coefficient (Wildman–Crippen LogP) is 4.14. The molecule has 5 radical (unpaired) electrons. The average molecular weight is 491 g/mol. The van der Waals surface area contributed by atoms with Crippen molar-refractivity contribution in [1.29, 1.82) is 0 Å². The van der Waals surface area contributed by atoms with Crippen LogP contribution in [0.1, 0.15) is 16.8 Å². The molecule has 2 nitrogen and oxygen atoms in total. The SMILES string of the molecule is [CH]Cc1cc2ccccc2c(-c2[c-]c(C[CH])c3c(c2)OCC3)n1.[Ir]. The average Bonchev–Trinajstić information content (AvgIpc) is 3.08. The first-order valence-electron chi connectivity index (χ1n) is 7.80. The van der Waals surface area contributed by atoms with Gasteiger partial charge in [-0.15, -0.1) is 23.3 Å². The molecule has 0 saturated heterocycles. The molecule has 0 bridgehead atoms. The topological polar surface area (TPSA) is 22.1 Å². The van der Waals surface area contributed by atoms with Crippen LogP contribution in [0.4, 0.5) is 0 Å². The van der Waals surface area contributed by atoms with Crippen LogP contribution in [0.5, 0.6) is 5.75 Å². The number of benzene rings is 2. The van der Waals surface area contributed by atoms with Crippen molar-refractivity contribution in [3.8, 4) is 17.0 Å². The summed E-state index contributed by atoms with van der Waals surface area (Å²) in [7, 11) is 0. The molecule has 1 aromatic heterocycles. The Balaban J connectivity index is 0.00000169. The standard InChI is InChI=1S/C21H16NO.Ir/c1-3-14-11-16(13-20-18(14)9-10-23-20)21-19-8-6-5-7-15(19)12-17(4-2)22-21;/h1-2,5-8,12-13H,3-4,9-10H2;/q-1;. The zero-order valence-electron chi connectivity index (χ0n) is 13.1. The first-order valence-corrected chi connectivity index (χ1v) is 7.80. The van der Waals surface area contributed by atoms with Crippen LogP contribution in [-0.2, 0) is 39.4 Å². The molecule has 1 aliphatic rings. The number of pyridine rings is 1. The largest absolute Gasteiger partial charge is 0.513 e.